The van der Waals surface area contributed by atoms with Crippen molar-refractivity contribution in [3.05, 3.63) is 94.6 Å². The number of esters is 1. The standard InChI is InChI=1S/C29H27NO8/c1-35-21-12-9-18(10-13-21)25-24(26(31)20-11-14-22(36-2)23(15-20)37-3)27(32)28(33)30(25)16-17-5-7-19(8-6-17)29(34)38-4/h5-15,25,31H,16H2,1-4H3/b26-24-. The average Bonchev–Trinajstić information content (AvgIpc) is 3.21. The molecule has 0 aromatic heterocycles. The number of carbonyl (C=O) groups is 3. The number of nitrogens with zero attached hydrogens (tertiary/aromatic N) is 1. The number of aliphatic hydroxyl groups is 1. The minimum absolute atomic E-state index is 0.0569. The molecule has 3 aromatic rings. The van der Waals surface area contributed by atoms with Gasteiger partial charge in [-0.15, -0.1) is 0 Å². The van der Waals surface area contributed by atoms with Crippen molar-refractivity contribution in [1.29, 1.82) is 0 Å². The zero-order valence-electron chi connectivity index (χ0n) is 21.4. The Labute approximate surface area is 219 Å². The Morgan fingerprint density at radius 3 is 2.03 bits per heavy atom. The summed E-state index contributed by atoms with van der Waals surface area (Å²) in [6.45, 7) is 0.0609. The fourth-order valence-electron chi connectivity index (χ4n) is 4.38. The van der Waals surface area contributed by atoms with Gasteiger partial charge in [0.2, 0.25) is 0 Å². The molecule has 3 aromatic carbocycles. The van der Waals surface area contributed by atoms with Crippen molar-refractivity contribution in [2.45, 2.75) is 12.6 Å². The lowest BCUT2D eigenvalue weighted by Crippen LogP contribution is -2.29. The molecule has 1 fully saturated rings. The summed E-state index contributed by atoms with van der Waals surface area (Å²) < 4.78 is 20.6. The number of ether oxygens (including phenoxy) is 4. The normalized spacial score (nSPS) is 16.3. The lowest BCUT2D eigenvalue weighted by molar-refractivity contribution is -0.140. The van der Waals surface area contributed by atoms with Crippen LogP contribution in [0.2, 0.25) is 0 Å². The molecule has 4 rings (SSSR count). The van der Waals surface area contributed by atoms with Crippen molar-refractivity contribution in [1.82, 2.24) is 4.90 Å². The third kappa shape index (κ3) is 4.90. The van der Waals surface area contributed by atoms with Gasteiger partial charge in [0.1, 0.15) is 11.5 Å². The molecule has 0 spiro atoms. The largest absolute Gasteiger partial charge is 0.507 e. The first kappa shape index (κ1) is 26.3. The van der Waals surface area contributed by atoms with Crippen LogP contribution in [0.5, 0.6) is 17.2 Å². The van der Waals surface area contributed by atoms with Gasteiger partial charge in [-0.3, -0.25) is 9.59 Å². The molecule has 1 atom stereocenters. The maximum absolute atomic E-state index is 13.3. The van der Waals surface area contributed by atoms with E-state index in [-0.39, 0.29) is 17.9 Å². The van der Waals surface area contributed by atoms with Crippen molar-refractivity contribution in [2.24, 2.45) is 0 Å². The number of likely N-dealkylation sites (tertiary alicyclic amines) is 1. The van der Waals surface area contributed by atoms with E-state index in [2.05, 4.69) is 0 Å². The lowest BCUT2D eigenvalue weighted by Gasteiger charge is -2.25. The zero-order chi connectivity index (χ0) is 27.4. The van der Waals surface area contributed by atoms with Gasteiger partial charge in [0.25, 0.3) is 11.7 Å². The van der Waals surface area contributed by atoms with Crippen LogP contribution in [0.1, 0.15) is 33.1 Å². The predicted molar refractivity (Wildman–Crippen MR) is 138 cm³/mol. The molecule has 0 bridgehead atoms. The summed E-state index contributed by atoms with van der Waals surface area (Å²) in [6, 6.07) is 17.3. The van der Waals surface area contributed by atoms with E-state index in [0.717, 1.165) is 0 Å². The molecule has 0 radical (unpaired) electrons. The monoisotopic (exact) mass is 517 g/mol. The Balaban J connectivity index is 1.81. The van der Waals surface area contributed by atoms with Crippen LogP contribution in [-0.4, -0.2) is 56.1 Å². The maximum Gasteiger partial charge on any atom is 0.337 e. The molecule has 196 valence electrons. The molecule has 1 heterocycles. The van der Waals surface area contributed by atoms with Crippen molar-refractivity contribution in [2.75, 3.05) is 28.4 Å². The van der Waals surface area contributed by atoms with Crippen molar-refractivity contribution in [3.63, 3.8) is 0 Å². The third-order valence-electron chi connectivity index (χ3n) is 6.36. The highest BCUT2D eigenvalue weighted by Gasteiger charge is 2.46. The van der Waals surface area contributed by atoms with Gasteiger partial charge < -0.3 is 29.0 Å². The number of amides is 1. The fraction of sp³-hybridized carbons (Fsp3) is 0.207. The van der Waals surface area contributed by atoms with Crippen molar-refractivity contribution in [3.8, 4) is 17.2 Å². The molecule has 0 saturated carbocycles. The van der Waals surface area contributed by atoms with Crippen LogP contribution >= 0.6 is 0 Å². The Bertz CT molecular complexity index is 1390. The zero-order valence-corrected chi connectivity index (χ0v) is 21.4. The van der Waals surface area contributed by atoms with Gasteiger partial charge in [-0.05, 0) is 53.6 Å². The third-order valence-corrected chi connectivity index (χ3v) is 6.36. The second kappa shape index (κ2) is 11.1. The van der Waals surface area contributed by atoms with Gasteiger partial charge in [0, 0.05) is 12.1 Å². The summed E-state index contributed by atoms with van der Waals surface area (Å²) >= 11 is 0. The highest BCUT2D eigenvalue weighted by Crippen LogP contribution is 2.41. The Morgan fingerprint density at radius 2 is 1.45 bits per heavy atom. The Morgan fingerprint density at radius 1 is 0.816 bits per heavy atom. The predicted octanol–water partition coefficient (Wildman–Crippen LogP) is 4.12. The van der Waals surface area contributed by atoms with E-state index in [1.807, 2.05) is 0 Å². The van der Waals surface area contributed by atoms with Crippen molar-refractivity contribution < 1.29 is 38.4 Å². The first-order valence-corrected chi connectivity index (χ1v) is 11.6. The van der Waals surface area contributed by atoms with E-state index in [1.165, 1.54) is 39.4 Å². The molecule has 0 aliphatic carbocycles. The molecule has 1 aliphatic heterocycles. The quantitative estimate of drug-likeness (QED) is 0.206. The number of aliphatic hydroxyl groups excluding tert-OH is 1. The molecule has 1 N–H and O–H groups in total. The van der Waals surface area contributed by atoms with Crippen LogP contribution in [-0.2, 0) is 20.9 Å². The Hall–Kier alpha value is -4.79. The van der Waals surface area contributed by atoms with E-state index in [1.54, 1.807) is 60.7 Å². The molecule has 9 nitrogen and oxygen atoms in total. The molecule has 1 aliphatic rings. The summed E-state index contributed by atoms with van der Waals surface area (Å²) in [7, 11) is 5.78. The molecular formula is C29H27NO8. The van der Waals surface area contributed by atoms with Crippen molar-refractivity contribution >= 4 is 23.4 Å². The number of benzene rings is 3. The molecular weight excluding hydrogens is 490 g/mol. The molecule has 38 heavy (non-hydrogen) atoms. The first-order valence-electron chi connectivity index (χ1n) is 11.6. The van der Waals surface area contributed by atoms with E-state index in [4.69, 9.17) is 18.9 Å². The van der Waals surface area contributed by atoms with E-state index in [0.29, 0.717) is 39.5 Å². The summed E-state index contributed by atoms with van der Waals surface area (Å²) in [5.74, 6) is -0.985. The number of methoxy groups -OCH3 is 4. The minimum atomic E-state index is -0.880. The average molecular weight is 518 g/mol. The van der Waals surface area contributed by atoms with E-state index < -0.39 is 23.7 Å². The van der Waals surface area contributed by atoms with Crippen LogP contribution in [0.4, 0.5) is 0 Å². The van der Waals surface area contributed by atoms with Crippen LogP contribution in [0.25, 0.3) is 5.76 Å². The molecule has 1 unspecified atom stereocenters. The number of rotatable bonds is 8. The SMILES string of the molecule is COC(=O)c1ccc(CN2C(=O)C(=O)/C(=C(\O)c3ccc(OC)c(OC)c3)C2c2ccc(OC)cc2)cc1. The highest BCUT2D eigenvalue weighted by molar-refractivity contribution is 6.46. The number of Topliss-reactive ketones (excluding diaryl/α,β-unsaturated/α-hetero) is 1. The van der Waals surface area contributed by atoms with Crippen LogP contribution < -0.4 is 14.2 Å². The topological polar surface area (TPSA) is 112 Å². The van der Waals surface area contributed by atoms with Crippen LogP contribution in [0, 0.1) is 0 Å². The second-order valence-electron chi connectivity index (χ2n) is 8.46. The summed E-state index contributed by atoms with van der Waals surface area (Å²) in [4.78, 5) is 39.8. The van der Waals surface area contributed by atoms with E-state index in [9.17, 15) is 19.5 Å². The molecule has 1 amide bonds. The lowest BCUT2D eigenvalue weighted by atomic mass is 9.95. The maximum atomic E-state index is 13.3. The summed E-state index contributed by atoms with van der Waals surface area (Å²) in [6.07, 6.45) is 0. The number of hydrogen-bond donors (Lipinski definition) is 1. The summed E-state index contributed by atoms with van der Waals surface area (Å²) in [5.41, 5.74) is 1.89. The van der Waals surface area contributed by atoms with Crippen LogP contribution in [0.3, 0.4) is 0 Å². The van der Waals surface area contributed by atoms with Gasteiger partial charge in [0.15, 0.2) is 11.5 Å². The number of carbonyl (C=O) groups excluding carboxylic acids is 3. The second-order valence-corrected chi connectivity index (χ2v) is 8.46. The molecule has 9 heteroatoms. The molecule has 1 saturated heterocycles. The number of hydrogen-bond acceptors (Lipinski definition) is 8. The van der Waals surface area contributed by atoms with Gasteiger partial charge in [-0.1, -0.05) is 24.3 Å². The summed E-state index contributed by atoms with van der Waals surface area (Å²) in [5, 5.41) is 11.3. The number of ketones is 1. The fourth-order valence-corrected chi connectivity index (χ4v) is 4.38. The smallest absolute Gasteiger partial charge is 0.337 e. The van der Waals surface area contributed by atoms with Gasteiger partial charge in [-0.25, -0.2) is 4.79 Å². The van der Waals surface area contributed by atoms with Gasteiger partial charge >= 0.3 is 5.97 Å². The minimum Gasteiger partial charge on any atom is -0.507 e. The van der Waals surface area contributed by atoms with Gasteiger partial charge in [-0.2, -0.15) is 0 Å². The van der Waals surface area contributed by atoms with Crippen LogP contribution in [0.15, 0.2) is 72.3 Å². The highest BCUT2D eigenvalue weighted by atomic mass is 16.5. The van der Waals surface area contributed by atoms with E-state index >= 15 is 0 Å². The first-order chi connectivity index (χ1) is 18.3. The van der Waals surface area contributed by atoms with Gasteiger partial charge in [0.05, 0.1) is 45.6 Å². The Kier molecular flexibility index (Phi) is 7.66.